The van der Waals surface area contributed by atoms with E-state index in [0.29, 0.717) is 5.56 Å². The Morgan fingerprint density at radius 2 is 1.54 bits per heavy atom. The number of nitrogens with one attached hydrogen (secondary N) is 1. The van der Waals surface area contributed by atoms with Crippen molar-refractivity contribution < 1.29 is 9.21 Å². The van der Waals surface area contributed by atoms with Gasteiger partial charge in [-0.25, -0.2) is 0 Å². The summed E-state index contributed by atoms with van der Waals surface area (Å²) in [5, 5.41) is 5.08. The first kappa shape index (κ1) is 14.5. The summed E-state index contributed by atoms with van der Waals surface area (Å²) in [6, 6.07) is 19.5. The molecule has 1 N–H and O–H groups in total. The van der Waals surface area contributed by atoms with Gasteiger partial charge in [-0.2, -0.15) is 0 Å². The zero-order valence-electron chi connectivity index (χ0n) is 13.6. The molecule has 1 aromatic heterocycles. The molecule has 24 heavy (non-hydrogen) atoms. The highest BCUT2D eigenvalue weighted by molar-refractivity contribution is 6.08. The molecular formula is C21H17NO2. The number of anilines is 1. The molecule has 0 fully saturated rings. The molecule has 3 nitrogen and oxygen atoms in total. The lowest BCUT2D eigenvalue weighted by atomic mass is 10.1. The van der Waals surface area contributed by atoms with E-state index < -0.39 is 0 Å². The third-order valence-corrected chi connectivity index (χ3v) is 4.12. The Kier molecular flexibility index (Phi) is 3.35. The molecule has 0 aliphatic rings. The zero-order chi connectivity index (χ0) is 16.7. The molecule has 4 aromatic rings. The van der Waals surface area contributed by atoms with Gasteiger partial charge in [0.05, 0.1) is 0 Å². The number of carbonyl (C=O) groups excluding carboxylic acids is 1. The number of rotatable bonds is 2. The molecule has 4 rings (SSSR count). The molecule has 0 spiro atoms. The number of para-hydroxylation sites is 1. The molecule has 0 saturated carbocycles. The summed E-state index contributed by atoms with van der Waals surface area (Å²) in [6.45, 7) is 3.98. The van der Waals surface area contributed by atoms with Gasteiger partial charge < -0.3 is 9.73 Å². The van der Waals surface area contributed by atoms with Crippen molar-refractivity contribution in [3.63, 3.8) is 0 Å². The van der Waals surface area contributed by atoms with Crippen molar-refractivity contribution in [3.8, 4) is 0 Å². The van der Waals surface area contributed by atoms with E-state index in [2.05, 4.69) is 11.4 Å². The van der Waals surface area contributed by atoms with Crippen LogP contribution in [-0.2, 0) is 0 Å². The Morgan fingerprint density at radius 1 is 0.833 bits per heavy atom. The van der Waals surface area contributed by atoms with E-state index in [4.69, 9.17) is 4.42 Å². The minimum Gasteiger partial charge on any atom is -0.456 e. The fourth-order valence-corrected chi connectivity index (χ4v) is 3.11. The standard InChI is InChI=1S/C21H17NO2/c1-13-9-14(2)11-15(10-13)21(23)22-16-7-8-18-17-5-3-4-6-19(17)24-20(18)12-16/h3-12H,1-2H3,(H,22,23). The molecule has 0 bridgehead atoms. The molecule has 0 atom stereocenters. The van der Waals surface area contributed by atoms with Crippen molar-refractivity contribution in [2.45, 2.75) is 13.8 Å². The van der Waals surface area contributed by atoms with Crippen molar-refractivity contribution in [2.75, 3.05) is 5.32 Å². The third-order valence-electron chi connectivity index (χ3n) is 4.12. The van der Waals surface area contributed by atoms with E-state index >= 15 is 0 Å². The van der Waals surface area contributed by atoms with Crippen molar-refractivity contribution in [3.05, 3.63) is 77.4 Å². The van der Waals surface area contributed by atoms with Crippen LogP contribution in [0.5, 0.6) is 0 Å². The first-order valence-electron chi connectivity index (χ1n) is 7.91. The maximum absolute atomic E-state index is 12.5. The van der Waals surface area contributed by atoms with E-state index in [1.807, 2.05) is 68.4 Å². The SMILES string of the molecule is Cc1cc(C)cc(C(=O)Nc2ccc3c(c2)oc2ccccc23)c1. The molecule has 0 unspecified atom stereocenters. The number of benzene rings is 3. The van der Waals surface area contributed by atoms with Crippen LogP contribution in [0.3, 0.4) is 0 Å². The van der Waals surface area contributed by atoms with Crippen LogP contribution in [0.2, 0.25) is 0 Å². The van der Waals surface area contributed by atoms with Crippen LogP contribution in [0.15, 0.2) is 65.1 Å². The quantitative estimate of drug-likeness (QED) is 0.534. The van der Waals surface area contributed by atoms with Crippen molar-refractivity contribution in [1.82, 2.24) is 0 Å². The fourth-order valence-electron chi connectivity index (χ4n) is 3.11. The van der Waals surface area contributed by atoms with E-state index in [9.17, 15) is 4.79 Å². The van der Waals surface area contributed by atoms with Crippen LogP contribution in [-0.4, -0.2) is 5.91 Å². The first-order chi connectivity index (χ1) is 11.6. The number of amides is 1. The highest BCUT2D eigenvalue weighted by Gasteiger charge is 2.10. The van der Waals surface area contributed by atoms with Gasteiger partial charge >= 0.3 is 0 Å². The predicted molar refractivity (Wildman–Crippen MR) is 97.6 cm³/mol. The highest BCUT2D eigenvalue weighted by Crippen LogP contribution is 2.30. The van der Waals surface area contributed by atoms with Gasteiger partial charge in [0.1, 0.15) is 11.2 Å². The Bertz CT molecular complexity index is 1060. The second-order valence-electron chi connectivity index (χ2n) is 6.14. The molecule has 1 heterocycles. The summed E-state index contributed by atoms with van der Waals surface area (Å²) in [5.41, 5.74) is 5.17. The highest BCUT2D eigenvalue weighted by atomic mass is 16.3. The minimum atomic E-state index is -0.114. The maximum Gasteiger partial charge on any atom is 0.255 e. The number of carbonyl (C=O) groups is 1. The van der Waals surface area contributed by atoms with Crippen LogP contribution in [0.25, 0.3) is 21.9 Å². The van der Waals surface area contributed by atoms with Gasteiger partial charge in [-0.15, -0.1) is 0 Å². The third kappa shape index (κ3) is 2.54. The minimum absolute atomic E-state index is 0.114. The average Bonchev–Trinajstić information content (AvgIpc) is 2.91. The number of hydrogen-bond donors (Lipinski definition) is 1. The Morgan fingerprint density at radius 3 is 2.33 bits per heavy atom. The maximum atomic E-state index is 12.5. The summed E-state index contributed by atoms with van der Waals surface area (Å²) in [5.74, 6) is -0.114. The van der Waals surface area contributed by atoms with E-state index in [0.717, 1.165) is 38.8 Å². The second-order valence-corrected chi connectivity index (χ2v) is 6.14. The largest absolute Gasteiger partial charge is 0.456 e. The number of aryl methyl sites for hydroxylation is 2. The lowest BCUT2D eigenvalue weighted by molar-refractivity contribution is 0.102. The average molecular weight is 315 g/mol. The molecule has 1 amide bonds. The van der Waals surface area contributed by atoms with Gasteiger partial charge in [0, 0.05) is 28.1 Å². The Hall–Kier alpha value is -3.07. The van der Waals surface area contributed by atoms with Crippen molar-refractivity contribution in [1.29, 1.82) is 0 Å². The Labute approximate surface area is 139 Å². The van der Waals surface area contributed by atoms with Gasteiger partial charge in [0.2, 0.25) is 0 Å². The fraction of sp³-hybridized carbons (Fsp3) is 0.0952. The smallest absolute Gasteiger partial charge is 0.255 e. The first-order valence-corrected chi connectivity index (χ1v) is 7.91. The molecule has 0 saturated heterocycles. The predicted octanol–water partition coefficient (Wildman–Crippen LogP) is 5.46. The lowest BCUT2D eigenvalue weighted by Gasteiger charge is -2.07. The number of hydrogen-bond acceptors (Lipinski definition) is 2. The van der Waals surface area contributed by atoms with Gasteiger partial charge in [-0.1, -0.05) is 35.4 Å². The second kappa shape index (κ2) is 5.53. The van der Waals surface area contributed by atoms with Crippen molar-refractivity contribution in [2.24, 2.45) is 0 Å². The topological polar surface area (TPSA) is 42.2 Å². The van der Waals surface area contributed by atoms with Crippen LogP contribution in [0.1, 0.15) is 21.5 Å². The molecule has 3 heteroatoms. The van der Waals surface area contributed by atoms with E-state index in [-0.39, 0.29) is 5.91 Å². The van der Waals surface area contributed by atoms with Crippen LogP contribution in [0, 0.1) is 13.8 Å². The molecule has 118 valence electrons. The monoisotopic (exact) mass is 315 g/mol. The van der Waals surface area contributed by atoms with Gasteiger partial charge in [0.15, 0.2) is 0 Å². The number of fused-ring (bicyclic) bond motifs is 3. The van der Waals surface area contributed by atoms with E-state index in [1.54, 1.807) is 0 Å². The summed E-state index contributed by atoms with van der Waals surface area (Å²) in [4.78, 5) is 12.5. The summed E-state index contributed by atoms with van der Waals surface area (Å²) in [7, 11) is 0. The van der Waals surface area contributed by atoms with Gasteiger partial charge in [-0.05, 0) is 44.2 Å². The molecule has 0 aliphatic carbocycles. The molecular weight excluding hydrogens is 298 g/mol. The summed E-state index contributed by atoms with van der Waals surface area (Å²) in [6.07, 6.45) is 0. The number of furan rings is 1. The molecule has 0 aliphatic heterocycles. The summed E-state index contributed by atoms with van der Waals surface area (Å²) < 4.78 is 5.87. The van der Waals surface area contributed by atoms with Crippen LogP contribution >= 0.6 is 0 Å². The van der Waals surface area contributed by atoms with Crippen LogP contribution < -0.4 is 5.32 Å². The summed E-state index contributed by atoms with van der Waals surface area (Å²) >= 11 is 0. The molecule has 0 radical (unpaired) electrons. The normalized spacial score (nSPS) is 11.1. The van der Waals surface area contributed by atoms with Gasteiger partial charge in [-0.3, -0.25) is 4.79 Å². The molecule has 3 aromatic carbocycles. The van der Waals surface area contributed by atoms with Crippen molar-refractivity contribution >= 4 is 33.5 Å². The van der Waals surface area contributed by atoms with Crippen LogP contribution in [0.4, 0.5) is 5.69 Å². The lowest BCUT2D eigenvalue weighted by Crippen LogP contribution is -2.12. The zero-order valence-corrected chi connectivity index (χ0v) is 13.6. The van der Waals surface area contributed by atoms with E-state index in [1.165, 1.54) is 0 Å². The Balaban J connectivity index is 1.69. The van der Waals surface area contributed by atoms with Gasteiger partial charge in [0.25, 0.3) is 5.91 Å².